The topological polar surface area (TPSA) is 61.5 Å². The maximum absolute atomic E-state index is 5.86. The predicted molar refractivity (Wildman–Crippen MR) is 89.6 cm³/mol. The lowest BCUT2D eigenvalue weighted by Crippen LogP contribution is -2.18. The van der Waals surface area contributed by atoms with Gasteiger partial charge in [-0.3, -0.25) is 0 Å². The van der Waals surface area contributed by atoms with E-state index in [1.165, 1.54) is 6.33 Å². The van der Waals surface area contributed by atoms with E-state index < -0.39 is 0 Å². The molecular formula is C17H24N4O2. The van der Waals surface area contributed by atoms with Crippen LogP contribution >= 0.6 is 0 Å². The van der Waals surface area contributed by atoms with Gasteiger partial charge in [0.1, 0.15) is 24.5 Å². The van der Waals surface area contributed by atoms with Gasteiger partial charge in [0.25, 0.3) is 0 Å². The van der Waals surface area contributed by atoms with Crippen LogP contribution in [0.5, 0.6) is 5.75 Å². The Hall–Kier alpha value is -2.37. The van der Waals surface area contributed by atoms with Crippen molar-refractivity contribution in [3.05, 3.63) is 42.5 Å². The van der Waals surface area contributed by atoms with E-state index in [-0.39, 0.29) is 11.5 Å². The summed E-state index contributed by atoms with van der Waals surface area (Å²) >= 11 is 0. The summed E-state index contributed by atoms with van der Waals surface area (Å²) in [5.74, 6) is 1.35. The first kappa shape index (κ1) is 17.0. The molecule has 0 saturated heterocycles. The Balaban J connectivity index is 2.27. The average Bonchev–Trinajstić information content (AvgIpc) is 2.99. The smallest absolute Gasteiger partial charge is 0.201 e. The number of rotatable bonds is 5. The molecule has 0 N–H and O–H groups in total. The predicted octanol–water partition coefficient (Wildman–Crippen LogP) is 3.34. The number of benzene rings is 1. The third kappa shape index (κ3) is 5.39. The maximum atomic E-state index is 5.86. The van der Waals surface area contributed by atoms with Gasteiger partial charge in [0.15, 0.2) is 0 Å². The molecule has 6 heteroatoms. The first-order valence-electron chi connectivity index (χ1n) is 7.67. The number of oxime groups is 1. The zero-order valence-electron chi connectivity index (χ0n) is 14.4. The molecule has 0 spiro atoms. The minimum absolute atomic E-state index is 0.0196. The lowest BCUT2D eigenvalue weighted by atomic mass is 9.99. The SMILES string of the molecule is CC(C)ON=C(c1cccc(OCC(C)(C)C)c1)n1cncn1. The average molecular weight is 316 g/mol. The fraction of sp³-hybridized carbons (Fsp3) is 0.471. The highest BCUT2D eigenvalue weighted by atomic mass is 16.6. The quantitative estimate of drug-likeness (QED) is 0.482. The van der Waals surface area contributed by atoms with E-state index in [9.17, 15) is 0 Å². The van der Waals surface area contributed by atoms with Crippen molar-refractivity contribution in [2.75, 3.05) is 6.61 Å². The fourth-order valence-electron chi connectivity index (χ4n) is 1.72. The highest BCUT2D eigenvalue weighted by molar-refractivity contribution is 5.99. The first-order valence-corrected chi connectivity index (χ1v) is 7.67. The Bertz CT molecular complexity index is 643. The van der Waals surface area contributed by atoms with E-state index in [1.54, 1.807) is 11.0 Å². The molecule has 0 aliphatic rings. The van der Waals surface area contributed by atoms with Crippen molar-refractivity contribution in [2.45, 2.75) is 40.7 Å². The molecule has 0 atom stereocenters. The molecule has 0 bridgehead atoms. The van der Waals surface area contributed by atoms with Gasteiger partial charge in [-0.15, -0.1) is 0 Å². The van der Waals surface area contributed by atoms with E-state index in [2.05, 4.69) is 36.0 Å². The number of ether oxygens (including phenoxy) is 1. The standard InChI is InChI=1S/C17H24N4O2/c1-13(2)23-20-16(21-12-18-11-19-21)14-7-6-8-15(9-14)22-10-17(3,4)5/h6-9,11-13H,10H2,1-5H3. The Morgan fingerprint density at radius 3 is 2.70 bits per heavy atom. The Kier molecular flexibility index (Phi) is 5.36. The molecule has 0 aliphatic heterocycles. The molecule has 0 unspecified atom stereocenters. The van der Waals surface area contributed by atoms with E-state index in [0.29, 0.717) is 12.4 Å². The van der Waals surface area contributed by atoms with Crippen LogP contribution in [0, 0.1) is 5.41 Å². The molecule has 6 nitrogen and oxygen atoms in total. The summed E-state index contributed by atoms with van der Waals surface area (Å²) in [7, 11) is 0. The van der Waals surface area contributed by atoms with Crippen LogP contribution in [-0.2, 0) is 4.84 Å². The molecule has 2 rings (SSSR count). The summed E-state index contributed by atoms with van der Waals surface area (Å²) in [6.45, 7) is 10.9. The van der Waals surface area contributed by atoms with E-state index in [4.69, 9.17) is 9.57 Å². The second kappa shape index (κ2) is 7.26. The fourth-order valence-corrected chi connectivity index (χ4v) is 1.72. The Morgan fingerprint density at radius 2 is 2.09 bits per heavy atom. The van der Waals surface area contributed by atoms with Crippen molar-refractivity contribution in [1.82, 2.24) is 14.8 Å². The number of nitrogens with zero attached hydrogens (tertiary/aromatic N) is 4. The number of hydrogen-bond donors (Lipinski definition) is 0. The van der Waals surface area contributed by atoms with Gasteiger partial charge in [0.2, 0.25) is 5.84 Å². The van der Waals surface area contributed by atoms with Crippen molar-refractivity contribution in [3.8, 4) is 5.75 Å². The molecule has 0 saturated carbocycles. The van der Waals surface area contributed by atoms with Crippen molar-refractivity contribution in [3.63, 3.8) is 0 Å². The lowest BCUT2D eigenvalue weighted by Gasteiger charge is -2.19. The molecule has 1 aromatic carbocycles. The highest BCUT2D eigenvalue weighted by Gasteiger charge is 2.13. The second-order valence-corrected chi connectivity index (χ2v) is 6.79. The van der Waals surface area contributed by atoms with Crippen LogP contribution in [-0.4, -0.2) is 33.3 Å². The van der Waals surface area contributed by atoms with Crippen LogP contribution in [0.15, 0.2) is 42.1 Å². The Morgan fingerprint density at radius 1 is 1.30 bits per heavy atom. The normalized spacial score (nSPS) is 12.5. The van der Waals surface area contributed by atoms with Crippen molar-refractivity contribution >= 4 is 5.84 Å². The summed E-state index contributed by atoms with van der Waals surface area (Å²) in [5.41, 5.74) is 0.946. The van der Waals surface area contributed by atoms with Gasteiger partial charge < -0.3 is 9.57 Å². The van der Waals surface area contributed by atoms with Crippen LogP contribution in [0.1, 0.15) is 40.2 Å². The molecule has 0 aliphatic carbocycles. The van der Waals surface area contributed by atoms with Gasteiger partial charge in [-0.05, 0) is 31.4 Å². The maximum Gasteiger partial charge on any atom is 0.201 e. The largest absolute Gasteiger partial charge is 0.493 e. The van der Waals surface area contributed by atoms with Crippen molar-refractivity contribution < 1.29 is 9.57 Å². The Labute approximate surface area is 137 Å². The van der Waals surface area contributed by atoms with E-state index in [0.717, 1.165) is 11.3 Å². The van der Waals surface area contributed by atoms with Crippen LogP contribution in [0.25, 0.3) is 0 Å². The van der Waals surface area contributed by atoms with E-state index in [1.807, 2.05) is 38.1 Å². The molecule has 1 aromatic heterocycles. The number of hydrogen-bond acceptors (Lipinski definition) is 5. The monoisotopic (exact) mass is 316 g/mol. The van der Waals surface area contributed by atoms with Crippen molar-refractivity contribution in [2.24, 2.45) is 10.6 Å². The highest BCUT2D eigenvalue weighted by Crippen LogP contribution is 2.19. The van der Waals surface area contributed by atoms with Crippen LogP contribution < -0.4 is 4.74 Å². The summed E-state index contributed by atoms with van der Waals surface area (Å²) in [6, 6.07) is 7.72. The van der Waals surface area contributed by atoms with E-state index >= 15 is 0 Å². The third-order valence-electron chi connectivity index (χ3n) is 2.75. The molecule has 0 radical (unpaired) electrons. The second-order valence-electron chi connectivity index (χ2n) is 6.79. The van der Waals surface area contributed by atoms with Gasteiger partial charge in [-0.1, -0.05) is 38.1 Å². The van der Waals surface area contributed by atoms with Gasteiger partial charge >= 0.3 is 0 Å². The van der Waals surface area contributed by atoms with Gasteiger partial charge in [0, 0.05) is 5.56 Å². The zero-order valence-corrected chi connectivity index (χ0v) is 14.4. The molecule has 1 heterocycles. The summed E-state index contributed by atoms with van der Waals surface area (Å²) in [6.07, 6.45) is 3.03. The van der Waals surface area contributed by atoms with Gasteiger partial charge in [-0.25, -0.2) is 4.98 Å². The lowest BCUT2D eigenvalue weighted by molar-refractivity contribution is 0.0851. The summed E-state index contributed by atoms with van der Waals surface area (Å²) < 4.78 is 7.44. The summed E-state index contributed by atoms with van der Waals surface area (Å²) in [4.78, 5) is 9.37. The molecule has 0 fully saturated rings. The minimum atomic E-state index is -0.0196. The van der Waals surface area contributed by atoms with Crippen LogP contribution in [0.3, 0.4) is 0 Å². The molecule has 0 amide bonds. The van der Waals surface area contributed by atoms with Crippen LogP contribution in [0.2, 0.25) is 0 Å². The first-order chi connectivity index (χ1) is 10.8. The molecule has 2 aromatic rings. The van der Waals surface area contributed by atoms with Gasteiger partial charge in [0.05, 0.1) is 6.61 Å². The van der Waals surface area contributed by atoms with Gasteiger partial charge in [-0.2, -0.15) is 9.78 Å². The molecular weight excluding hydrogens is 292 g/mol. The third-order valence-corrected chi connectivity index (χ3v) is 2.75. The van der Waals surface area contributed by atoms with Crippen molar-refractivity contribution in [1.29, 1.82) is 0 Å². The minimum Gasteiger partial charge on any atom is -0.493 e. The zero-order chi connectivity index (χ0) is 16.9. The molecule has 124 valence electrons. The summed E-state index contributed by atoms with van der Waals surface area (Å²) in [5, 5.41) is 8.35. The molecule has 23 heavy (non-hydrogen) atoms. The van der Waals surface area contributed by atoms with Crippen LogP contribution in [0.4, 0.5) is 0 Å². The number of aromatic nitrogens is 3.